The molecule has 1 amide bonds. The van der Waals surface area contributed by atoms with Crippen molar-refractivity contribution in [3.05, 3.63) is 71.9 Å². The molecule has 1 atom stereocenters. The van der Waals surface area contributed by atoms with Crippen LogP contribution in [-0.4, -0.2) is 28.0 Å². The van der Waals surface area contributed by atoms with Gasteiger partial charge in [-0.1, -0.05) is 48.5 Å². The van der Waals surface area contributed by atoms with Crippen LogP contribution in [-0.2, 0) is 11.8 Å². The SMILES string of the molecule is CCOC(=O)N1N=C(c2ccccc2)C[C@@H]1c1cn(C)c2ccccc12. The van der Waals surface area contributed by atoms with Crippen molar-refractivity contribution in [1.82, 2.24) is 9.58 Å². The molecule has 0 spiro atoms. The first kappa shape index (κ1) is 16.4. The number of aryl methyl sites for hydroxylation is 1. The molecule has 0 N–H and O–H groups in total. The van der Waals surface area contributed by atoms with Gasteiger partial charge in [-0.15, -0.1) is 0 Å². The zero-order valence-corrected chi connectivity index (χ0v) is 14.9. The monoisotopic (exact) mass is 347 g/mol. The van der Waals surface area contributed by atoms with E-state index in [9.17, 15) is 4.79 Å². The molecular formula is C21H21N3O2. The number of fused-ring (bicyclic) bond motifs is 1. The number of amides is 1. The molecule has 0 bridgehead atoms. The number of ether oxygens (including phenoxy) is 1. The highest BCUT2D eigenvalue weighted by atomic mass is 16.6. The van der Waals surface area contributed by atoms with E-state index in [2.05, 4.69) is 28.0 Å². The third kappa shape index (κ3) is 2.75. The third-order valence-corrected chi connectivity index (χ3v) is 4.76. The minimum absolute atomic E-state index is 0.171. The number of rotatable bonds is 3. The summed E-state index contributed by atoms with van der Waals surface area (Å²) in [5.41, 5.74) is 4.16. The van der Waals surface area contributed by atoms with E-state index >= 15 is 0 Å². The smallest absolute Gasteiger partial charge is 0.430 e. The second-order valence-corrected chi connectivity index (χ2v) is 6.39. The second-order valence-electron chi connectivity index (χ2n) is 6.39. The standard InChI is InChI=1S/C21H21N3O2/c1-3-26-21(25)24-20(13-18(22-24)15-9-5-4-6-10-15)17-14-23(2)19-12-8-7-11-16(17)19/h4-12,14,20H,3,13H2,1-2H3/t20-/m1/s1. The predicted octanol–water partition coefficient (Wildman–Crippen LogP) is 4.49. The molecule has 1 aromatic heterocycles. The van der Waals surface area contributed by atoms with Gasteiger partial charge in [0.2, 0.25) is 0 Å². The van der Waals surface area contributed by atoms with Gasteiger partial charge in [0.05, 0.1) is 18.4 Å². The van der Waals surface area contributed by atoms with Crippen molar-refractivity contribution in [2.75, 3.05) is 6.61 Å². The Labute approximate surface area is 152 Å². The number of benzene rings is 2. The predicted molar refractivity (Wildman–Crippen MR) is 102 cm³/mol. The quantitative estimate of drug-likeness (QED) is 0.701. The van der Waals surface area contributed by atoms with Crippen LogP contribution in [0.25, 0.3) is 10.9 Å². The van der Waals surface area contributed by atoms with E-state index < -0.39 is 6.09 Å². The Morgan fingerprint density at radius 3 is 2.65 bits per heavy atom. The molecule has 0 saturated heterocycles. The summed E-state index contributed by atoms with van der Waals surface area (Å²) >= 11 is 0. The number of nitrogens with zero attached hydrogens (tertiary/aromatic N) is 3. The Bertz CT molecular complexity index is 975. The van der Waals surface area contributed by atoms with E-state index in [1.807, 2.05) is 56.4 Å². The number of carbonyl (C=O) groups is 1. The van der Waals surface area contributed by atoms with Crippen molar-refractivity contribution in [1.29, 1.82) is 0 Å². The summed E-state index contributed by atoms with van der Waals surface area (Å²) in [7, 11) is 2.02. The average molecular weight is 347 g/mol. The highest BCUT2D eigenvalue weighted by Crippen LogP contribution is 2.37. The molecule has 1 aliphatic rings. The van der Waals surface area contributed by atoms with E-state index in [1.165, 1.54) is 5.01 Å². The number of hydrogen-bond donors (Lipinski definition) is 0. The first-order valence-electron chi connectivity index (χ1n) is 8.82. The van der Waals surface area contributed by atoms with Gasteiger partial charge in [-0.25, -0.2) is 4.79 Å². The largest absolute Gasteiger partial charge is 0.448 e. The average Bonchev–Trinajstić information content (AvgIpc) is 3.25. The van der Waals surface area contributed by atoms with Crippen LogP contribution >= 0.6 is 0 Å². The van der Waals surface area contributed by atoms with E-state index in [4.69, 9.17) is 4.74 Å². The van der Waals surface area contributed by atoms with Crippen LogP contribution in [0, 0.1) is 0 Å². The van der Waals surface area contributed by atoms with Gasteiger partial charge < -0.3 is 9.30 Å². The number of hydrazone groups is 1. The van der Waals surface area contributed by atoms with Crippen molar-refractivity contribution >= 4 is 22.7 Å². The van der Waals surface area contributed by atoms with E-state index in [0.717, 1.165) is 27.7 Å². The Morgan fingerprint density at radius 1 is 1.15 bits per heavy atom. The Balaban J connectivity index is 1.78. The normalized spacial score (nSPS) is 16.8. The minimum Gasteiger partial charge on any atom is -0.448 e. The fourth-order valence-electron chi connectivity index (χ4n) is 3.55. The van der Waals surface area contributed by atoms with Gasteiger partial charge in [0.1, 0.15) is 0 Å². The van der Waals surface area contributed by atoms with Crippen LogP contribution in [0.2, 0.25) is 0 Å². The van der Waals surface area contributed by atoms with Gasteiger partial charge in [0.25, 0.3) is 0 Å². The lowest BCUT2D eigenvalue weighted by molar-refractivity contribution is 0.0977. The highest BCUT2D eigenvalue weighted by Gasteiger charge is 2.35. The Kier molecular flexibility index (Phi) is 4.21. The first-order chi connectivity index (χ1) is 12.7. The minimum atomic E-state index is -0.406. The second kappa shape index (κ2) is 6.67. The lowest BCUT2D eigenvalue weighted by atomic mass is 9.98. The molecule has 0 aliphatic carbocycles. The molecule has 0 fully saturated rings. The third-order valence-electron chi connectivity index (χ3n) is 4.76. The lowest BCUT2D eigenvalue weighted by Gasteiger charge is -2.20. The molecule has 5 heteroatoms. The topological polar surface area (TPSA) is 46.8 Å². The maximum Gasteiger partial charge on any atom is 0.430 e. The fourth-order valence-corrected chi connectivity index (χ4v) is 3.55. The molecule has 26 heavy (non-hydrogen) atoms. The maximum atomic E-state index is 12.5. The van der Waals surface area contributed by atoms with Gasteiger partial charge >= 0.3 is 6.09 Å². The summed E-state index contributed by atoms with van der Waals surface area (Å²) in [4.78, 5) is 12.5. The number of para-hydroxylation sites is 1. The van der Waals surface area contributed by atoms with Crippen molar-refractivity contribution in [2.24, 2.45) is 12.1 Å². The molecule has 3 aromatic rings. The van der Waals surface area contributed by atoms with Crippen LogP contribution in [0.15, 0.2) is 65.9 Å². The summed E-state index contributed by atoms with van der Waals surface area (Å²) in [6.07, 6.45) is 2.35. The van der Waals surface area contributed by atoms with Gasteiger partial charge in [-0.2, -0.15) is 10.1 Å². The van der Waals surface area contributed by atoms with Crippen molar-refractivity contribution in [3.8, 4) is 0 Å². The zero-order chi connectivity index (χ0) is 18.1. The molecule has 2 aromatic carbocycles. The van der Waals surface area contributed by atoms with Gasteiger partial charge in [0.15, 0.2) is 0 Å². The van der Waals surface area contributed by atoms with E-state index in [0.29, 0.717) is 13.0 Å². The van der Waals surface area contributed by atoms with Gasteiger partial charge in [-0.3, -0.25) is 0 Å². The van der Waals surface area contributed by atoms with Crippen LogP contribution in [0.4, 0.5) is 4.79 Å². The van der Waals surface area contributed by atoms with Crippen molar-refractivity contribution in [2.45, 2.75) is 19.4 Å². The van der Waals surface area contributed by atoms with E-state index in [1.54, 1.807) is 0 Å². The molecule has 0 radical (unpaired) electrons. The summed E-state index contributed by atoms with van der Waals surface area (Å²) in [5, 5.41) is 7.25. The molecular weight excluding hydrogens is 326 g/mol. The van der Waals surface area contributed by atoms with E-state index in [-0.39, 0.29) is 6.04 Å². The van der Waals surface area contributed by atoms with Crippen LogP contribution in [0.1, 0.15) is 30.5 Å². The summed E-state index contributed by atoms with van der Waals surface area (Å²) < 4.78 is 7.35. The molecule has 132 valence electrons. The van der Waals surface area contributed by atoms with Gasteiger partial charge in [-0.05, 0) is 18.6 Å². The lowest BCUT2D eigenvalue weighted by Crippen LogP contribution is -2.27. The summed E-state index contributed by atoms with van der Waals surface area (Å²) in [6.45, 7) is 2.14. The van der Waals surface area contributed by atoms with Crippen LogP contribution < -0.4 is 0 Å². The molecule has 5 nitrogen and oxygen atoms in total. The molecule has 4 rings (SSSR count). The summed E-state index contributed by atoms with van der Waals surface area (Å²) in [6, 6.07) is 18.0. The molecule has 0 unspecified atom stereocenters. The molecule has 2 heterocycles. The number of carbonyl (C=O) groups excluding carboxylic acids is 1. The maximum absolute atomic E-state index is 12.5. The fraction of sp³-hybridized carbons (Fsp3) is 0.238. The Morgan fingerprint density at radius 2 is 1.88 bits per heavy atom. The van der Waals surface area contributed by atoms with Gasteiger partial charge in [0, 0.05) is 36.1 Å². The highest BCUT2D eigenvalue weighted by molar-refractivity contribution is 6.03. The van der Waals surface area contributed by atoms with Crippen molar-refractivity contribution < 1.29 is 9.53 Å². The number of hydrogen-bond acceptors (Lipinski definition) is 3. The van der Waals surface area contributed by atoms with Crippen LogP contribution in [0.3, 0.4) is 0 Å². The molecule has 0 saturated carbocycles. The first-order valence-corrected chi connectivity index (χ1v) is 8.82. The number of aromatic nitrogens is 1. The Hall–Kier alpha value is -3.08. The zero-order valence-electron chi connectivity index (χ0n) is 14.9. The van der Waals surface area contributed by atoms with Crippen LogP contribution in [0.5, 0.6) is 0 Å². The molecule has 1 aliphatic heterocycles. The summed E-state index contributed by atoms with van der Waals surface area (Å²) in [5.74, 6) is 0. The van der Waals surface area contributed by atoms with Crippen molar-refractivity contribution in [3.63, 3.8) is 0 Å².